The van der Waals surface area contributed by atoms with E-state index in [0.717, 1.165) is 22.0 Å². The van der Waals surface area contributed by atoms with Gasteiger partial charge in [-0.05, 0) is 36.5 Å². The molecular weight excluding hydrogens is 356 g/mol. The SMILES string of the molecule is C[C@H]1Cc2cc(Br)cc3c(=O)c(C(=O)NCC(C)(C)C)cn1c23. The van der Waals surface area contributed by atoms with E-state index in [2.05, 4.69) is 38.8 Å². The highest BCUT2D eigenvalue weighted by Gasteiger charge is 2.25. The molecule has 3 rings (SSSR count). The zero-order valence-electron chi connectivity index (χ0n) is 13.9. The molecule has 1 amide bonds. The number of carbonyl (C=O) groups excluding carboxylic acids is 1. The summed E-state index contributed by atoms with van der Waals surface area (Å²) in [5.74, 6) is -0.295. The number of hydrogen-bond acceptors (Lipinski definition) is 2. The summed E-state index contributed by atoms with van der Waals surface area (Å²) < 4.78 is 2.94. The quantitative estimate of drug-likeness (QED) is 0.869. The maximum atomic E-state index is 12.8. The number of nitrogens with one attached hydrogen (secondary N) is 1. The Hall–Kier alpha value is -1.62. The molecule has 1 aliphatic heterocycles. The van der Waals surface area contributed by atoms with Crippen LogP contribution in [0.3, 0.4) is 0 Å². The largest absolute Gasteiger partial charge is 0.351 e. The lowest BCUT2D eigenvalue weighted by atomic mass is 9.97. The van der Waals surface area contributed by atoms with Crippen LogP contribution in [0.25, 0.3) is 10.9 Å². The van der Waals surface area contributed by atoms with Crippen LogP contribution in [0, 0.1) is 5.41 Å². The predicted molar refractivity (Wildman–Crippen MR) is 96.1 cm³/mol. The van der Waals surface area contributed by atoms with Gasteiger partial charge in [-0.1, -0.05) is 36.7 Å². The summed E-state index contributed by atoms with van der Waals surface area (Å²) in [7, 11) is 0. The van der Waals surface area contributed by atoms with Gasteiger partial charge in [0.25, 0.3) is 5.91 Å². The molecule has 0 saturated carbocycles. The monoisotopic (exact) mass is 376 g/mol. The predicted octanol–water partition coefficient (Wildman–Crippen LogP) is 3.66. The van der Waals surface area contributed by atoms with Crippen molar-refractivity contribution >= 4 is 32.7 Å². The Bertz CT molecular complexity index is 862. The third-order valence-corrected chi connectivity index (χ3v) is 4.64. The minimum atomic E-state index is -0.295. The Morgan fingerprint density at radius 3 is 2.74 bits per heavy atom. The van der Waals surface area contributed by atoms with Gasteiger partial charge in [0.15, 0.2) is 0 Å². The zero-order valence-corrected chi connectivity index (χ0v) is 15.5. The normalized spacial score (nSPS) is 16.8. The van der Waals surface area contributed by atoms with Crippen molar-refractivity contribution in [1.82, 2.24) is 9.88 Å². The van der Waals surface area contributed by atoms with Crippen LogP contribution in [-0.4, -0.2) is 17.0 Å². The summed E-state index contributed by atoms with van der Waals surface area (Å²) in [6.45, 7) is 8.78. The van der Waals surface area contributed by atoms with Crippen LogP contribution in [0.4, 0.5) is 0 Å². The fourth-order valence-electron chi connectivity index (χ4n) is 3.06. The van der Waals surface area contributed by atoms with Crippen molar-refractivity contribution in [3.05, 3.63) is 44.2 Å². The van der Waals surface area contributed by atoms with Crippen molar-refractivity contribution in [2.75, 3.05) is 6.54 Å². The summed E-state index contributed by atoms with van der Waals surface area (Å²) in [5, 5.41) is 3.49. The van der Waals surface area contributed by atoms with Crippen LogP contribution in [-0.2, 0) is 6.42 Å². The minimum Gasteiger partial charge on any atom is -0.351 e. The Kier molecular flexibility index (Phi) is 3.87. The lowest BCUT2D eigenvalue weighted by Gasteiger charge is -2.19. The molecule has 4 nitrogen and oxygen atoms in total. The van der Waals surface area contributed by atoms with Gasteiger partial charge in [-0.15, -0.1) is 0 Å². The molecule has 0 spiro atoms. The molecular formula is C18H21BrN2O2. The van der Waals surface area contributed by atoms with Gasteiger partial charge >= 0.3 is 0 Å². The topological polar surface area (TPSA) is 51.1 Å². The second-order valence-electron chi connectivity index (χ2n) is 7.54. The van der Waals surface area contributed by atoms with Gasteiger partial charge < -0.3 is 9.88 Å². The first kappa shape index (κ1) is 16.2. The number of hydrogen-bond donors (Lipinski definition) is 1. The molecule has 2 heterocycles. The summed E-state index contributed by atoms with van der Waals surface area (Å²) in [6.07, 6.45) is 2.60. The average molecular weight is 377 g/mol. The number of nitrogens with zero attached hydrogens (tertiary/aromatic N) is 1. The minimum absolute atomic E-state index is 0.0248. The molecule has 5 heteroatoms. The second-order valence-corrected chi connectivity index (χ2v) is 8.45. The highest BCUT2D eigenvalue weighted by atomic mass is 79.9. The third kappa shape index (κ3) is 2.94. The summed E-state index contributed by atoms with van der Waals surface area (Å²) in [4.78, 5) is 25.3. The van der Waals surface area contributed by atoms with E-state index in [1.165, 1.54) is 0 Å². The molecule has 2 aromatic rings. The highest BCUT2D eigenvalue weighted by Crippen LogP contribution is 2.33. The maximum Gasteiger partial charge on any atom is 0.256 e. The van der Waals surface area contributed by atoms with Gasteiger partial charge in [0.2, 0.25) is 5.43 Å². The van der Waals surface area contributed by atoms with Gasteiger partial charge in [0.05, 0.1) is 5.52 Å². The van der Waals surface area contributed by atoms with Crippen molar-refractivity contribution in [3.8, 4) is 0 Å². The lowest BCUT2D eigenvalue weighted by molar-refractivity contribution is 0.0937. The van der Waals surface area contributed by atoms with E-state index in [-0.39, 0.29) is 28.4 Å². The van der Waals surface area contributed by atoms with Crippen molar-refractivity contribution in [2.45, 2.75) is 40.2 Å². The van der Waals surface area contributed by atoms with Gasteiger partial charge in [-0.2, -0.15) is 0 Å². The van der Waals surface area contributed by atoms with E-state index in [0.29, 0.717) is 11.9 Å². The van der Waals surface area contributed by atoms with Crippen LogP contribution < -0.4 is 10.7 Å². The summed E-state index contributed by atoms with van der Waals surface area (Å²) >= 11 is 3.47. The van der Waals surface area contributed by atoms with Crippen molar-refractivity contribution in [3.63, 3.8) is 0 Å². The van der Waals surface area contributed by atoms with E-state index in [1.807, 2.05) is 26.8 Å². The molecule has 1 aromatic carbocycles. The van der Waals surface area contributed by atoms with E-state index in [9.17, 15) is 9.59 Å². The Morgan fingerprint density at radius 1 is 1.39 bits per heavy atom. The van der Waals surface area contributed by atoms with Crippen LogP contribution >= 0.6 is 15.9 Å². The summed E-state index contributed by atoms with van der Waals surface area (Å²) in [5.41, 5.74) is 2.11. The molecule has 0 radical (unpaired) electrons. The van der Waals surface area contributed by atoms with Gasteiger partial charge in [-0.25, -0.2) is 0 Å². The number of halogens is 1. The molecule has 0 aliphatic carbocycles. The van der Waals surface area contributed by atoms with Crippen molar-refractivity contribution in [2.24, 2.45) is 5.41 Å². The second kappa shape index (κ2) is 5.48. The first-order chi connectivity index (χ1) is 10.7. The Balaban J connectivity index is 2.12. The number of amides is 1. The number of aromatic nitrogens is 1. The maximum absolute atomic E-state index is 12.8. The molecule has 1 aromatic heterocycles. The third-order valence-electron chi connectivity index (χ3n) is 4.18. The average Bonchev–Trinajstić information content (AvgIpc) is 2.75. The molecule has 122 valence electrons. The van der Waals surface area contributed by atoms with Gasteiger partial charge in [-0.3, -0.25) is 9.59 Å². The van der Waals surface area contributed by atoms with Crippen molar-refractivity contribution in [1.29, 1.82) is 0 Å². The molecule has 1 aliphatic rings. The van der Waals surface area contributed by atoms with E-state index < -0.39 is 0 Å². The zero-order chi connectivity index (χ0) is 16.9. The number of carbonyl (C=O) groups is 1. The van der Waals surface area contributed by atoms with E-state index in [4.69, 9.17) is 0 Å². The Labute approximate surface area is 144 Å². The molecule has 0 unspecified atom stereocenters. The standard InChI is InChI=1S/C18H21BrN2O2/c1-10-5-11-6-12(19)7-13-15(11)21(10)8-14(16(13)22)17(23)20-9-18(2,3)4/h6-8,10H,5,9H2,1-4H3,(H,20,23)/t10-/m0/s1. The fraction of sp³-hybridized carbons (Fsp3) is 0.444. The first-order valence-corrected chi connectivity index (χ1v) is 8.62. The lowest BCUT2D eigenvalue weighted by Crippen LogP contribution is -2.35. The fourth-order valence-corrected chi connectivity index (χ4v) is 3.57. The van der Waals surface area contributed by atoms with E-state index >= 15 is 0 Å². The van der Waals surface area contributed by atoms with Crippen LogP contribution in [0.1, 0.15) is 49.7 Å². The number of rotatable bonds is 2. The van der Waals surface area contributed by atoms with E-state index in [1.54, 1.807) is 6.20 Å². The van der Waals surface area contributed by atoms with Crippen LogP contribution in [0.2, 0.25) is 0 Å². The van der Waals surface area contributed by atoms with Crippen molar-refractivity contribution < 1.29 is 4.79 Å². The number of benzene rings is 1. The Morgan fingerprint density at radius 2 is 2.09 bits per heavy atom. The molecule has 1 N–H and O–H groups in total. The van der Waals surface area contributed by atoms with Crippen LogP contribution in [0.5, 0.6) is 0 Å². The smallest absolute Gasteiger partial charge is 0.256 e. The molecule has 0 fully saturated rings. The van der Waals surface area contributed by atoms with Crippen LogP contribution in [0.15, 0.2) is 27.6 Å². The molecule has 0 bridgehead atoms. The van der Waals surface area contributed by atoms with Gasteiger partial charge in [0, 0.05) is 28.6 Å². The number of pyridine rings is 1. The molecule has 0 saturated heterocycles. The highest BCUT2D eigenvalue weighted by molar-refractivity contribution is 9.10. The first-order valence-electron chi connectivity index (χ1n) is 7.83. The van der Waals surface area contributed by atoms with Gasteiger partial charge in [0.1, 0.15) is 5.56 Å². The molecule has 1 atom stereocenters. The summed E-state index contributed by atoms with van der Waals surface area (Å²) in [6, 6.07) is 4.12. The molecule has 23 heavy (non-hydrogen) atoms.